The van der Waals surface area contributed by atoms with E-state index in [1.807, 2.05) is 27.7 Å². The molecule has 0 saturated heterocycles. The van der Waals surface area contributed by atoms with Crippen molar-refractivity contribution in [2.45, 2.75) is 34.6 Å². The Hall–Kier alpha value is -2.01. The Labute approximate surface area is 180 Å². The molecule has 3 rings (SSSR count). The molecule has 0 spiro atoms. The highest BCUT2D eigenvalue weighted by atomic mass is 35.5. The lowest BCUT2D eigenvalue weighted by Gasteiger charge is -2.11. The maximum atomic E-state index is 11.5. The van der Waals surface area contributed by atoms with E-state index in [1.165, 1.54) is 4.68 Å². The number of halogens is 3. The zero-order valence-electron chi connectivity index (χ0n) is 16.4. The average Bonchev–Trinajstić information content (AvgIpc) is 3.03. The first-order valence-corrected chi connectivity index (χ1v) is 10.1. The largest absolute Gasteiger partial charge is 0.476 e. The lowest BCUT2D eigenvalue weighted by molar-refractivity contribution is 0.0689. The van der Waals surface area contributed by atoms with E-state index >= 15 is 0 Å². The molecule has 0 unspecified atom stereocenters. The number of hydrogen-bond acceptors (Lipinski definition) is 2. The predicted molar refractivity (Wildman–Crippen MR) is 118 cm³/mol. The number of aromatic carboxylic acids is 1. The SMILES string of the molecule is CC.CC.Cc1c(C(=O)O)nn(-c2ccc(Cl)cc2Cl)c1-c1ccc(Cl)cc1. The van der Waals surface area contributed by atoms with Gasteiger partial charge in [0.2, 0.25) is 0 Å². The Kier molecular flexibility index (Phi) is 9.53. The van der Waals surface area contributed by atoms with Crippen LogP contribution >= 0.6 is 34.8 Å². The van der Waals surface area contributed by atoms with Crippen molar-refractivity contribution in [1.82, 2.24) is 9.78 Å². The van der Waals surface area contributed by atoms with Gasteiger partial charge in [-0.15, -0.1) is 0 Å². The molecule has 0 saturated carbocycles. The minimum Gasteiger partial charge on any atom is -0.476 e. The third-order valence-corrected chi connectivity index (χ3v) is 4.37. The Bertz CT molecular complexity index is 936. The van der Waals surface area contributed by atoms with Crippen molar-refractivity contribution in [3.63, 3.8) is 0 Å². The van der Waals surface area contributed by atoms with E-state index in [1.54, 1.807) is 49.4 Å². The number of hydrogen-bond donors (Lipinski definition) is 1. The quantitative estimate of drug-likeness (QED) is 0.456. The molecule has 3 aromatic rings. The molecule has 0 amide bonds. The van der Waals surface area contributed by atoms with Gasteiger partial charge in [0.05, 0.1) is 16.4 Å². The van der Waals surface area contributed by atoms with Gasteiger partial charge in [0.1, 0.15) is 0 Å². The second-order valence-corrected chi connectivity index (χ2v) is 6.42. The van der Waals surface area contributed by atoms with Crippen LogP contribution in [0.15, 0.2) is 42.5 Å². The summed E-state index contributed by atoms with van der Waals surface area (Å²) >= 11 is 18.2. The van der Waals surface area contributed by atoms with Crippen molar-refractivity contribution >= 4 is 40.8 Å². The summed E-state index contributed by atoms with van der Waals surface area (Å²) in [5.41, 5.74) is 2.46. The van der Waals surface area contributed by atoms with Crippen molar-refractivity contribution in [3.8, 4) is 16.9 Å². The van der Waals surface area contributed by atoms with Crippen LogP contribution in [0, 0.1) is 6.92 Å². The summed E-state index contributed by atoms with van der Waals surface area (Å²) in [6, 6.07) is 12.0. The maximum Gasteiger partial charge on any atom is 0.356 e. The number of carbonyl (C=O) groups is 1. The third kappa shape index (κ3) is 5.28. The molecule has 0 bridgehead atoms. The summed E-state index contributed by atoms with van der Waals surface area (Å²) in [7, 11) is 0. The normalized spacial score (nSPS) is 9.71. The van der Waals surface area contributed by atoms with E-state index < -0.39 is 5.97 Å². The fraction of sp³-hybridized carbons (Fsp3) is 0.238. The summed E-state index contributed by atoms with van der Waals surface area (Å²) in [5, 5.41) is 15.1. The van der Waals surface area contributed by atoms with Crippen LogP contribution < -0.4 is 0 Å². The highest BCUT2D eigenvalue weighted by molar-refractivity contribution is 6.35. The standard InChI is InChI=1S/C17H11Cl3N2O2.2C2H6/c1-9-15(17(23)24)21-22(14-7-6-12(19)8-13(14)20)16(9)10-2-4-11(18)5-3-10;2*1-2/h2-8H,1H3,(H,23,24);2*1-2H3. The number of carboxylic acids is 1. The van der Waals surface area contributed by atoms with Gasteiger partial charge in [0, 0.05) is 21.2 Å². The van der Waals surface area contributed by atoms with Crippen LogP contribution in [0.5, 0.6) is 0 Å². The number of rotatable bonds is 3. The van der Waals surface area contributed by atoms with Gasteiger partial charge < -0.3 is 5.11 Å². The van der Waals surface area contributed by atoms with Crippen molar-refractivity contribution in [2.24, 2.45) is 0 Å². The van der Waals surface area contributed by atoms with Crippen molar-refractivity contribution < 1.29 is 9.90 Å². The zero-order chi connectivity index (χ0) is 21.4. The molecule has 0 aliphatic carbocycles. The molecule has 0 atom stereocenters. The van der Waals surface area contributed by atoms with Crippen LogP contribution in [-0.4, -0.2) is 20.9 Å². The fourth-order valence-corrected chi connectivity index (χ4v) is 3.09. The van der Waals surface area contributed by atoms with Crippen molar-refractivity contribution in [2.75, 3.05) is 0 Å². The van der Waals surface area contributed by atoms with Gasteiger partial charge in [-0.2, -0.15) is 5.10 Å². The van der Waals surface area contributed by atoms with E-state index in [9.17, 15) is 9.90 Å². The van der Waals surface area contributed by atoms with Gasteiger partial charge in [-0.1, -0.05) is 74.6 Å². The number of benzene rings is 2. The van der Waals surface area contributed by atoms with E-state index in [-0.39, 0.29) is 5.69 Å². The molecular weight excluding hydrogens is 419 g/mol. The molecule has 0 radical (unpaired) electrons. The zero-order valence-corrected chi connectivity index (χ0v) is 18.7. The van der Waals surface area contributed by atoms with E-state index in [0.717, 1.165) is 5.56 Å². The molecule has 2 aromatic carbocycles. The topological polar surface area (TPSA) is 55.1 Å². The van der Waals surface area contributed by atoms with Gasteiger partial charge in [0.15, 0.2) is 5.69 Å². The summed E-state index contributed by atoms with van der Waals surface area (Å²) in [5.74, 6) is -1.11. The Morgan fingerprint density at radius 3 is 1.96 bits per heavy atom. The van der Waals surface area contributed by atoms with Crippen molar-refractivity contribution in [1.29, 1.82) is 0 Å². The molecule has 1 N–H and O–H groups in total. The van der Waals surface area contributed by atoms with Gasteiger partial charge in [-0.25, -0.2) is 9.48 Å². The summed E-state index contributed by atoms with van der Waals surface area (Å²) in [6.45, 7) is 9.71. The molecule has 1 heterocycles. The average molecular weight is 442 g/mol. The van der Waals surface area contributed by atoms with Gasteiger partial charge >= 0.3 is 5.97 Å². The van der Waals surface area contributed by atoms with E-state index in [4.69, 9.17) is 34.8 Å². The monoisotopic (exact) mass is 440 g/mol. The lowest BCUT2D eigenvalue weighted by atomic mass is 10.1. The van der Waals surface area contributed by atoms with Crippen LogP contribution in [0.1, 0.15) is 43.7 Å². The van der Waals surface area contributed by atoms with Crippen LogP contribution in [0.2, 0.25) is 15.1 Å². The van der Waals surface area contributed by atoms with E-state index in [2.05, 4.69) is 5.10 Å². The van der Waals surface area contributed by atoms with Gasteiger partial charge in [-0.05, 0) is 37.3 Å². The predicted octanol–water partition coefficient (Wildman–Crippen LogP) is 7.56. The minimum absolute atomic E-state index is 0.0361. The Balaban J connectivity index is 0.000000921. The number of aromatic nitrogens is 2. The molecule has 0 fully saturated rings. The number of nitrogens with zero attached hydrogens (tertiary/aromatic N) is 2. The van der Waals surface area contributed by atoms with Gasteiger partial charge in [0.25, 0.3) is 0 Å². The smallest absolute Gasteiger partial charge is 0.356 e. The minimum atomic E-state index is -1.11. The molecule has 4 nitrogen and oxygen atoms in total. The molecule has 0 aliphatic heterocycles. The Morgan fingerprint density at radius 2 is 1.46 bits per heavy atom. The fourth-order valence-electron chi connectivity index (χ4n) is 2.47. The highest BCUT2D eigenvalue weighted by Crippen LogP contribution is 2.33. The summed E-state index contributed by atoms with van der Waals surface area (Å²) in [4.78, 5) is 11.5. The highest BCUT2D eigenvalue weighted by Gasteiger charge is 2.22. The van der Waals surface area contributed by atoms with E-state index in [0.29, 0.717) is 32.0 Å². The first-order valence-electron chi connectivity index (χ1n) is 8.92. The molecule has 1 aromatic heterocycles. The third-order valence-electron chi connectivity index (χ3n) is 3.58. The molecule has 28 heavy (non-hydrogen) atoms. The lowest BCUT2D eigenvalue weighted by Crippen LogP contribution is -2.03. The molecular formula is C21H23Cl3N2O2. The summed E-state index contributed by atoms with van der Waals surface area (Å²) in [6.07, 6.45) is 0. The second kappa shape index (κ2) is 11.1. The first-order chi connectivity index (χ1) is 13.4. The maximum absolute atomic E-state index is 11.5. The first kappa shape index (κ1) is 24.0. The second-order valence-electron chi connectivity index (χ2n) is 5.14. The van der Waals surface area contributed by atoms with Crippen molar-refractivity contribution in [3.05, 3.63) is 68.8 Å². The molecule has 150 valence electrons. The number of carboxylic acid groups (broad SMARTS) is 1. The molecule has 7 heteroatoms. The van der Waals surface area contributed by atoms with Crippen LogP contribution in [-0.2, 0) is 0 Å². The van der Waals surface area contributed by atoms with Crippen LogP contribution in [0.4, 0.5) is 0 Å². The Morgan fingerprint density at radius 1 is 0.929 bits per heavy atom. The summed E-state index contributed by atoms with van der Waals surface area (Å²) < 4.78 is 1.51. The molecule has 0 aliphatic rings. The van der Waals surface area contributed by atoms with Crippen LogP contribution in [0.3, 0.4) is 0 Å². The van der Waals surface area contributed by atoms with Gasteiger partial charge in [-0.3, -0.25) is 0 Å². The van der Waals surface area contributed by atoms with Crippen LogP contribution in [0.25, 0.3) is 16.9 Å².